The largest absolute Gasteiger partial charge is 0.493 e. The molecule has 112 valence electrons. The molecule has 1 aromatic heterocycles. The van der Waals surface area contributed by atoms with Gasteiger partial charge in [-0.1, -0.05) is 0 Å². The molecule has 0 aliphatic rings. The molecule has 1 heterocycles. The van der Waals surface area contributed by atoms with Crippen molar-refractivity contribution in [2.75, 3.05) is 12.4 Å². The van der Waals surface area contributed by atoms with E-state index in [1.807, 2.05) is 0 Å². The second kappa shape index (κ2) is 6.00. The average Bonchev–Trinajstić information content (AvgIpc) is 2.91. The third-order valence-electron chi connectivity index (χ3n) is 2.58. The van der Waals surface area contributed by atoms with Crippen LogP contribution in [-0.4, -0.2) is 26.4 Å². The van der Waals surface area contributed by atoms with Crippen LogP contribution in [0.15, 0.2) is 27.9 Å². The van der Waals surface area contributed by atoms with Crippen LogP contribution in [0.3, 0.4) is 0 Å². The topological polar surface area (TPSA) is 85.4 Å². The number of anilines is 1. The van der Waals surface area contributed by atoms with Crippen molar-refractivity contribution in [1.82, 2.24) is 4.98 Å². The highest BCUT2D eigenvalue weighted by atomic mass is 35.7. The third kappa shape index (κ3) is 3.52. The summed E-state index contributed by atoms with van der Waals surface area (Å²) in [7, 11) is 2.69. The van der Waals surface area contributed by atoms with Gasteiger partial charge in [0, 0.05) is 16.1 Å². The normalized spacial score (nSPS) is 11.2. The molecule has 0 spiro atoms. The molecule has 21 heavy (non-hydrogen) atoms. The molecule has 1 aromatic carbocycles. The Balaban J connectivity index is 2.49. The number of methoxy groups -OCH3 is 1. The Hall–Kier alpha value is -1.64. The number of ether oxygens (including phenoxy) is 1. The molecule has 2 rings (SSSR count). The van der Waals surface area contributed by atoms with Crippen LogP contribution in [0.5, 0.6) is 5.75 Å². The molecule has 0 unspecified atom stereocenters. The summed E-state index contributed by atoms with van der Waals surface area (Å²) < 4.78 is 28.3. The second-order valence-corrected chi connectivity index (χ2v) is 7.36. The molecule has 2 aromatic rings. The fraction of sp³-hybridized carbons (Fsp3) is 0.167. The van der Waals surface area contributed by atoms with E-state index < -0.39 is 15.0 Å². The Bertz CT molecular complexity index is 773. The standard InChI is InChI=1S/C12H11ClN2O4S2/c1-7-3-8(15-12(16)9-5-20-6-14-9)11(19-2)10(4-7)21(13,17)18/h3-6H,1-2H3,(H,15,16). The summed E-state index contributed by atoms with van der Waals surface area (Å²) in [4.78, 5) is 15.7. The number of rotatable bonds is 4. The van der Waals surface area contributed by atoms with Crippen LogP contribution in [0.4, 0.5) is 5.69 Å². The third-order valence-corrected chi connectivity index (χ3v) is 4.49. The van der Waals surface area contributed by atoms with E-state index in [0.717, 1.165) is 0 Å². The van der Waals surface area contributed by atoms with E-state index in [1.54, 1.807) is 18.4 Å². The van der Waals surface area contributed by atoms with Crippen molar-refractivity contribution < 1.29 is 17.9 Å². The number of nitrogens with zero attached hydrogens (tertiary/aromatic N) is 1. The minimum absolute atomic E-state index is 0.0146. The summed E-state index contributed by atoms with van der Waals surface area (Å²) in [5.41, 5.74) is 2.59. The van der Waals surface area contributed by atoms with Crippen molar-refractivity contribution >= 4 is 42.7 Å². The van der Waals surface area contributed by atoms with Gasteiger partial charge in [0.1, 0.15) is 10.6 Å². The minimum atomic E-state index is -4.00. The highest BCUT2D eigenvalue weighted by molar-refractivity contribution is 8.13. The maximum absolute atomic E-state index is 12.0. The van der Waals surface area contributed by atoms with Crippen LogP contribution < -0.4 is 10.1 Å². The van der Waals surface area contributed by atoms with E-state index >= 15 is 0 Å². The van der Waals surface area contributed by atoms with E-state index in [4.69, 9.17) is 15.4 Å². The van der Waals surface area contributed by atoms with Crippen LogP contribution in [0.1, 0.15) is 16.1 Å². The Morgan fingerprint density at radius 2 is 2.14 bits per heavy atom. The van der Waals surface area contributed by atoms with E-state index in [9.17, 15) is 13.2 Å². The minimum Gasteiger partial charge on any atom is -0.493 e. The van der Waals surface area contributed by atoms with E-state index in [0.29, 0.717) is 5.56 Å². The van der Waals surface area contributed by atoms with Crippen molar-refractivity contribution in [2.45, 2.75) is 11.8 Å². The highest BCUT2D eigenvalue weighted by Gasteiger charge is 2.22. The number of thiazole rings is 1. The average molecular weight is 347 g/mol. The van der Waals surface area contributed by atoms with E-state index in [1.165, 1.54) is 30.0 Å². The monoisotopic (exact) mass is 346 g/mol. The van der Waals surface area contributed by atoms with Gasteiger partial charge in [0.25, 0.3) is 15.0 Å². The van der Waals surface area contributed by atoms with Crippen LogP contribution in [0, 0.1) is 6.92 Å². The number of benzene rings is 1. The molecule has 0 aliphatic heterocycles. The maximum Gasteiger partial charge on any atom is 0.275 e. The van der Waals surface area contributed by atoms with Gasteiger partial charge in [-0.25, -0.2) is 13.4 Å². The molecular formula is C12H11ClN2O4S2. The van der Waals surface area contributed by atoms with Gasteiger partial charge in [0.05, 0.1) is 18.3 Å². The predicted molar refractivity (Wildman–Crippen MR) is 80.8 cm³/mol. The SMILES string of the molecule is COc1c(NC(=O)c2cscn2)cc(C)cc1S(=O)(=O)Cl. The van der Waals surface area contributed by atoms with Gasteiger partial charge in [-0.05, 0) is 24.6 Å². The number of carbonyl (C=O) groups excluding carboxylic acids is 1. The summed E-state index contributed by atoms with van der Waals surface area (Å²) >= 11 is 1.28. The first-order chi connectivity index (χ1) is 9.82. The van der Waals surface area contributed by atoms with Crippen molar-refractivity contribution in [3.8, 4) is 5.75 Å². The zero-order valence-corrected chi connectivity index (χ0v) is 13.5. The first kappa shape index (κ1) is 15.7. The second-order valence-electron chi connectivity index (χ2n) is 4.11. The highest BCUT2D eigenvalue weighted by Crippen LogP contribution is 2.35. The summed E-state index contributed by atoms with van der Waals surface area (Å²) in [6.07, 6.45) is 0. The summed E-state index contributed by atoms with van der Waals surface area (Å²) in [5, 5.41) is 4.15. The molecule has 1 amide bonds. The molecule has 6 nitrogen and oxygen atoms in total. The van der Waals surface area contributed by atoms with Gasteiger partial charge < -0.3 is 10.1 Å². The van der Waals surface area contributed by atoms with Crippen molar-refractivity contribution in [3.63, 3.8) is 0 Å². The lowest BCUT2D eigenvalue weighted by molar-refractivity contribution is 0.102. The van der Waals surface area contributed by atoms with E-state index in [-0.39, 0.29) is 22.0 Å². The Labute approximate surface area is 130 Å². The molecule has 0 fully saturated rings. The molecule has 0 aliphatic carbocycles. The number of hydrogen-bond donors (Lipinski definition) is 1. The molecule has 0 radical (unpaired) electrons. The maximum atomic E-state index is 12.0. The summed E-state index contributed by atoms with van der Waals surface area (Å²) in [6.45, 7) is 1.68. The van der Waals surface area contributed by atoms with Crippen LogP contribution in [0.25, 0.3) is 0 Å². The van der Waals surface area contributed by atoms with Crippen LogP contribution in [-0.2, 0) is 9.05 Å². The Morgan fingerprint density at radius 3 is 2.67 bits per heavy atom. The number of aryl methyl sites for hydroxylation is 1. The first-order valence-electron chi connectivity index (χ1n) is 5.65. The fourth-order valence-electron chi connectivity index (χ4n) is 1.74. The molecule has 1 N–H and O–H groups in total. The number of halogens is 1. The zero-order valence-electron chi connectivity index (χ0n) is 11.1. The van der Waals surface area contributed by atoms with Gasteiger partial charge in [-0.3, -0.25) is 4.79 Å². The lowest BCUT2D eigenvalue weighted by Crippen LogP contribution is -2.14. The van der Waals surface area contributed by atoms with Gasteiger partial charge >= 0.3 is 0 Å². The lowest BCUT2D eigenvalue weighted by atomic mass is 10.2. The summed E-state index contributed by atoms with van der Waals surface area (Å²) in [5.74, 6) is -0.475. The van der Waals surface area contributed by atoms with Crippen molar-refractivity contribution in [3.05, 3.63) is 34.3 Å². The van der Waals surface area contributed by atoms with E-state index in [2.05, 4.69) is 10.3 Å². The van der Waals surface area contributed by atoms with Crippen LogP contribution >= 0.6 is 22.0 Å². The molecular weight excluding hydrogens is 336 g/mol. The fourth-order valence-corrected chi connectivity index (χ4v) is 3.35. The molecule has 9 heteroatoms. The number of hydrogen-bond acceptors (Lipinski definition) is 6. The lowest BCUT2D eigenvalue weighted by Gasteiger charge is -2.13. The molecule has 0 bridgehead atoms. The molecule has 0 saturated carbocycles. The number of aromatic nitrogens is 1. The number of carbonyl (C=O) groups is 1. The predicted octanol–water partition coefficient (Wildman–Crippen LogP) is 2.64. The molecule has 0 saturated heterocycles. The smallest absolute Gasteiger partial charge is 0.275 e. The van der Waals surface area contributed by atoms with Gasteiger partial charge in [0.15, 0.2) is 5.75 Å². The quantitative estimate of drug-likeness (QED) is 0.860. The van der Waals surface area contributed by atoms with Crippen molar-refractivity contribution in [2.24, 2.45) is 0 Å². The van der Waals surface area contributed by atoms with Gasteiger partial charge in [-0.2, -0.15) is 0 Å². The summed E-state index contributed by atoms with van der Waals surface area (Å²) in [6, 6.07) is 2.97. The first-order valence-corrected chi connectivity index (χ1v) is 8.91. The zero-order chi connectivity index (χ0) is 15.6. The number of amides is 1. The Morgan fingerprint density at radius 1 is 1.43 bits per heavy atom. The van der Waals surface area contributed by atoms with Gasteiger partial charge in [0.2, 0.25) is 0 Å². The number of nitrogens with one attached hydrogen (secondary N) is 1. The Kier molecular flexibility index (Phi) is 4.50. The van der Waals surface area contributed by atoms with Crippen LogP contribution in [0.2, 0.25) is 0 Å². The van der Waals surface area contributed by atoms with Gasteiger partial charge in [-0.15, -0.1) is 11.3 Å². The molecule has 0 atom stereocenters. The van der Waals surface area contributed by atoms with Crippen molar-refractivity contribution in [1.29, 1.82) is 0 Å².